The van der Waals surface area contributed by atoms with Gasteiger partial charge in [0, 0.05) is 16.6 Å². The van der Waals surface area contributed by atoms with Crippen LogP contribution < -0.4 is 10.1 Å². The van der Waals surface area contributed by atoms with Crippen molar-refractivity contribution in [2.75, 3.05) is 6.61 Å². The molecule has 0 radical (unpaired) electrons. The van der Waals surface area contributed by atoms with Crippen LogP contribution in [0.2, 0.25) is 10.0 Å². The Morgan fingerprint density at radius 2 is 1.87 bits per heavy atom. The second kappa shape index (κ2) is 10.4. The number of esters is 1. The van der Waals surface area contributed by atoms with Crippen molar-refractivity contribution in [1.82, 2.24) is 10.3 Å². The Morgan fingerprint density at radius 1 is 1.10 bits per heavy atom. The maximum atomic E-state index is 12.3. The molecular formula is C21H18Cl2N2O4S. The molecule has 3 rings (SSSR count). The van der Waals surface area contributed by atoms with E-state index in [0.717, 1.165) is 5.56 Å². The lowest BCUT2D eigenvalue weighted by Crippen LogP contribution is -2.28. The molecule has 0 aliphatic heterocycles. The number of carbonyl (C=O) groups excluding carboxylic acids is 2. The summed E-state index contributed by atoms with van der Waals surface area (Å²) in [5.41, 5.74) is 1.38. The highest BCUT2D eigenvalue weighted by Crippen LogP contribution is 2.22. The SMILES string of the molecule is Cc1nc(COc2ccc(Cl)cc2)sc1C(=O)OCC(=O)NCc1cccc(Cl)c1. The number of rotatable bonds is 8. The van der Waals surface area contributed by atoms with E-state index in [9.17, 15) is 9.59 Å². The summed E-state index contributed by atoms with van der Waals surface area (Å²) in [4.78, 5) is 28.9. The molecule has 9 heteroatoms. The van der Waals surface area contributed by atoms with E-state index in [1.807, 2.05) is 6.07 Å². The second-order valence-corrected chi connectivity index (χ2v) is 8.20. The molecule has 1 N–H and O–H groups in total. The van der Waals surface area contributed by atoms with E-state index in [-0.39, 0.29) is 13.2 Å². The molecule has 2 aromatic carbocycles. The molecule has 1 amide bonds. The number of hydrogen-bond donors (Lipinski definition) is 1. The molecule has 0 aliphatic carbocycles. The van der Waals surface area contributed by atoms with E-state index >= 15 is 0 Å². The summed E-state index contributed by atoms with van der Waals surface area (Å²) in [6.45, 7) is 1.83. The minimum Gasteiger partial charge on any atom is -0.486 e. The first-order valence-corrected chi connectivity index (χ1v) is 10.5. The molecule has 6 nitrogen and oxygen atoms in total. The minimum atomic E-state index is -0.597. The third-order valence-corrected chi connectivity index (χ3v) is 5.51. The molecule has 3 aromatic rings. The van der Waals surface area contributed by atoms with Crippen LogP contribution in [-0.2, 0) is 22.7 Å². The number of aromatic nitrogens is 1. The molecule has 1 aromatic heterocycles. The van der Waals surface area contributed by atoms with Crippen LogP contribution in [0.25, 0.3) is 0 Å². The number of carbonyl (C=O) groups is 2. The van der Waals surface area contributed by atoms with Gasteiger partial charge in [0.2, 0.25) is 0 Å². The van der Waals surface area contributed by atoms with Crippen LogP contribution in [0.5, 0.6) is 5.75 Å². The summed E-state index contributed by atoms with van der Waals surface area (Å²) < 4.78 is 10.7. The Morgan fingerprint density at radius 3 is 2.60 bits per heavy atom. The van der Waals surface area contributed by atoms with Gasteiger partial charge in [-0.25, -0.2) is 9.78 Å². The Balaban J connectivity index is 1.47. The Hall–Kier alpha value is -2.61. The average Bonchev–Trinajstić information content (AvgIpc) is 3.11. The van der Waals surface area contributed by atoms with Gasteiger partial charge in [0.25, 0.3) is 5.91 Å². The first kappa shape index (κ1) is 22.1. The molecule has 0 saturated heterocycles. The van der Waals surface area contributed by atoms with Crippen LogP contribution in [0.4, 0.5) is 0 Å². The van der Waals surface area contributed by atoms with Gasteiger partial charge < -0.3 is 14.8 Å². The monoisotopic (exact) mass is 464 g/mol. The van der Waals surface area contributed by atoms with Gasteiger partial charge in [0.1, 0.15) is 22.2 Å². The van der Waals surface area contributed by atoms with Gasteiger partial charge in [-0.2, -0.15) is 0 Å². The predicted molar refractivity (Wildman–Crippen MR) is 116 cm³/mol. The first-order valence-electron chi connectivity index (χ1n) is 8.93. The molecule has 30 heavy (non-hydrogen) atoms. The van der Waals surface area contributed by atoms with Crippen LogP contribution in [0, 0.1) is 6.92 Å². The van der Waals surface area contributed by atoms with Gasteiger partial charge >= 0.3 is 5.97 Å². The van der Waals surface area contributed by atoms with E-state index in [0.29, 0.717) is 37.9 Å². The van der Waals surface area contributed by atoms with Crippen molar-refractivity contribution in [2.24, 2.45) is 0 Å². The van der Waals surface area contributed by atoms with Gasteiger partial charge in [-0.15, -0.1) is 11.3 Å². The number of nitrogens with one attached hydrogen (secondary N) is 1. The number of aryl methyl sites for hydroxylation is 1. The molecule has 1 heterocycles. The van der Waals surface area contributed by atoms with Crippen LogP contribution in [0.1, 0.15) is 25.9 Å². The third kappa shape index (κ3) is 6.45. The normalized spacial score (nSPS) is 10.5. The predicted octanol–water partition coefficient (Wildman–Crippen LogP) is 4.81. The van der Waals surface area contributed by atoms with Crippen LogP contribution in [0.3, 0.4) is 0 Å². The number of amides is 1. The van der Waals surface area contributed by atoms with E-state index in [4.69, 9.17) is 32.7 Å². The standard InChI is InChI=1S/C21H18Cl2N2O4S/c1-13-20(30-19(25-13)12-28-17-7-5-15(22)6-8-17)21(27)29-11-18(26)24-10-14-3-2-4-16(23)9-14/h2-9H,10-12H2,1H3,(H,24,26). The molecule has 0 unspecified atom stereocenters. The van der Waals surface area contributed by atoms with Crippen molar-refractivity contribution in [3.05, 3.63) is 79.7 Å². The lowest BCUT2D eigenvalue weighted by atomic mass is 10.2. The Labute approximate surface area is 187 Å². The minimum absolute atomic E-state index is 0.209. The number of nitrogens with zero attached hydrogens (tertiary/aromatic N) is 1. The van der Waals surface area contributed by atoms with E-state index in [1.165, 1.54) is 11.3 Å². The largest absolute Gasteiger partial charge is 0.486 e. The smallest absolute Gasteiger partial charge is 0.350 e. The van der Waals surface area contributed by atoms with Gasteiger partial charge in [-0.3, -0.25) is 4.79 Å². The average molecular weight is 465 g/mol. The van der Waals surface area contributed by atoms with Crippen molar-refractivity contribution >= 4 is 46.4 Å². The van der Waals surface area contributed by atoms with E-state index in [1.54, 1.807) is 49.4 Å². The summed E-state index contributed by atoms with van der Waals surface area (Å²) in [7, 11) is 0. The van der Waals surface area contributed by atoms with Crippen LogP contribution in [-0.4, -0.2) is 23.5 Å². The molecule has 0 fully saturated rings. The second-order valence-electron chi connectivity index (χ2n) is 6.25. The molecular weight excluding hydrogens is 447 g/mol. The fraction of sp³-hybridized carbons (Fsp3) is 0.190. The molecule has 0 spiro atoms. The highest BCUT2D eigenvalue weighted by molar-refractivity contribution is 7.13. The number of benzene rings is 2. The Kier molecular flexibility index (Phi) is 7.68. The maximum Gasteiger partial charge on any atom is 0.350 e. The zero-order valence-electron chi connectivity index (χ0n) is 16.0. The Bertz CT molecular complexity index is 1040. The number of hydrogen-bond acceptors (Lipinski definition) is 6. The first-order chi connectivity index (χ1) is 14.4. The van der Waals surface area contributed by atoms with Crippen LogP contribution >= 0.6 is 34.5 Å². The van der Waals surface area contributed by atoms with Crippen LogP contribution in [0.15, 0.2) is 48.5 Å². The van der Waals surface area contributed by atoms with E-state index in [2.05, 4.69) is 10.3 Å². The van der Waals surface area contributed by atoms with Gasteiger partial charge in [-0.05, 0) is 48.9 Å². The zero-order chi connectivity index (χ0) is 21.5. The van der Waals surface area contributed by atoms with Gasteiger partial charge in [-0.1, -0.05) is 35.3 Å². The van der Waals surface area contributed by atoms with Crippen molar-refractivity contribution in [3.8, 4) is 5.75 Å². The molecule has 0 atom stereocenters. The lowest BCUT2D eigenvalue weighted by Gasteiger charge is -2.06. The summed E-state index contributed by atoms with van der Waals surface area (Å²) in [6, 6.07) is 14.1. The highest BCUT2D eigenvalue weighted by atomic mass is 35.5. The lowest BCUT2D eigenvalue weighted by molar-refractivity contribution is -0.124. The van der Waals surface area contributed by atoms with Gasteiger partial charge in [0.15, 0.2) is 6.61 Å². The summed E-state index contributed by atoms with van der Waals surface area (Å²) in [5, 5.41) is 4.51. The van der Waals surface area contributed by atoms with Gasteiger partial charge in [0.05, 0.1) is 5.69 Å². The highest BCUT2D eigenvalue weighted by Gasteiger charge is 2.18. The summed E-state index contributed by atoms with van der Waals surface area (Å²) in [6.07, 6.45) is 0. The van der Waals surface area contributed by atoms with E-state index < -0.39 is 11.9 Å². The topological polar surface area (TPSA) is 77.5 Å². The molecule has 0 aliphatic rings. The molecule has 156 valence electrons. The van der Waals surface area contributed by atoms with Crippen molar-refractivity contribution in [3.63, 3.8) is 0 Å². The third-order valence-electron chi connectivity index (χ3n) is 3.92. The van der Waals surface area contributed by atoms with Crippen molar-refractivity contribution < 1.29 is 19.1 Å². The molecule has 0 saturated carbocycles. The van der Waals surface area contributed by atoms with Crippen molar-refractivity contribution in [2.45, 2.75) is 20.1 Å². The number of thiazole rings is 1. The quantitative estimate of drug-likeness (QED) is 0.483. The fourth-order valence-electron chi connectivity index (χ4n) is 2.47. The molecule has 0 bridgehead atoms. The fourth-order valence-corrected chi connectivity index (χ4v) is 3.69. The summed E-state index contributed by atoms with van der Waals surface area (Å²) in [5.74, 6) is -0.356. The van der Waals surface area contributed by atoms with Crippen molar-refractivity contribution in [1.29, 1.82) is 0 Å². The zero-order valence-corrected chi connectivity index (χ0v) is 18.3. The summed E-state index contributed by atoms with van der Waals surface area (Å²) >= 11 is 12.9. The maximum absolute atomic E-state index is 12.3. The number of halogens is 2. The number of ether oxygens (including phenoxy) is 2.